The van der Waals surface area contributed by atoms with E-state index in [0.717, 1.165) is 0 Å². The number of rotatable bonds is 2. The molecule has 1 saturated heterocycles. The zero-order chi connectivity index (χ0) is 10.0. The number of hydrogen-bond acceptors (Lipinski definition) is 4. The summed E-state index contributed by atoms with van der Waals surface area (Å²) in [6.07, 6.45) is -0.865. The first-order valence-electron chi connectivity index (χ1n) is 4.31. The van der Waals surface area contributed by atoms with Crippen LogP contribution in [0.15, 0.2) is 0 Å². The second-order valence-corrected chi connectivity index (χ2v) is 3.37. The monoisotopic (exact) mass is 188 g/mol. The van der Waals surface area contributed by atoms with E-state index >= 15 is 0 Å². The van der Waals surface area contributed by atoms with Gasteiger partial charge in [-0.25, -0.2) is 0 Å². The Balaban J connectivity index is 2.53. The molecule has 1 amide bonds. The molecule has 1 aliphatic rings. The van der Waals surface area contributed by atoms with Crippen LogP contribution in [0.2, 0.25) is 0 Å². The molecule has 0 aliphatic carbocycles. The molecule has 0 bridgehead atoms. The Labute approximate surface area is 77.5 Å². The van der Waals surface area contributed by atoms with Crippen LogP contribution >= 0.6 is 0 Å². The normalized spacial score (nSPS) is 30.6. The van der Waals surface area contributed by atoms with Crippen molar-refractivity contribution in [1.29, 1.82) is 0 Å². The summed E-state index contributed by atoms with van der Waals surface area (Å²) in [5.41, 5.74) is 5.43. The first kappa shape index (κ1) is 10.4. The van der Waals surface area contributed by atoms with E-state index < -0.39 is 12.1 Å². The van der Waals surface area contributed by atoms with E-state index in [2.05, 4.69) is 0 Å². The fraction of sp³-hybridized carbons (Fsp3) is 0.875. The molecule has 0 saturated carbocycles. The predicted octanol–water partition coefficient (Wildman–Crippen LogP) is -1.45. The molecular weight excluding hydrogens is 172 g/mol. The van der Waals surface area contributed by atoms with E-state index in [4.69, 9.17) is 10.5 Å². The molecule has 3 N–H and O–H groups in total. The minimum Gasteiger partial charge on any atom is -0.388 e. The molecule has 0 unspecified atom stereocenters. The average Bonchev–Trinajstić information content (AvgIpc) is 2.45. The third-order valence-corrected chi connectivity index (χ3v) is 2.24. The molecule has 0 radical (unpaired) electrons. The predicted molar refractivity (Wildman–Crippen MR) is 47.0 cm³/mol. The van der Waals surface area contributed by atoms with Gasteiger partial charge in [-0.2, -0.15) is 0 Å². The summed E-state index contributed by atoms with van der Waals surface area (Å²) in [5.74, 6) is -0.140. The zero-order valence-electron chi connectivity index (χ0n) is 7.93. The van der Waals surface area contributed by atoms with Crippen LogP contribution in [0.25, 0.3) is 0 Å². The van der Waals surface area contributed by atoms with Crippen molar-refractivity contribution in [2.45, 2.75) is 25.2 Å². The Kier molecular flexibility index (Phi) is 3.24. The number of methoxy groups -OCH3 is 1. The smallest absolute Gasteiger partial charge is 0.239 e. The summed E-state index contributed by atoms with van der Waals surface area (Å²) in [4.78, 5) is 12.9. The number of nitrogens with zero attached hydrogens (tertiary/aromatic N) is 1. The van der Waals surface area contributed by atoms with Crippen molar-refractivity contribution in [3.05, 3.63) is 0 Å². The number of nitrogens with two attached hydrogens (primary N) is 1. The number of aliphatic hydroxyl groups excluding tert-OH is 1. The SMILES string of the molecule is CO[C@@H]1CN(C(=O)[C@@H](C)N)C[C@@H]1O. The molecule has 5 heteroatoms. The van der Waals surface area contributed by atoms with Gasteiger partial charge in [-0.3, -0.25) is 4.79 Å². The van der Waals surface area contributed by atoms with Crippen LogP contribution in [0.1, 0.15) is 6.92 Å². The van der Waals surface area contributed by atoms with Crippen molar-refractivity contribution in [3.8, 4) is 0 Å². The van der Waals surface area contributed by atoms with Gasteiger partial charge in [0.25, 0.3) is 0 Å². The molecule has 0 aromatic rings. The maximum Gasteiger partial charge on any atom is 0.239 e. The van der Waals surface area contributed by atoms with Gasteiger partial charge in [-0.1, -0.05) is 0 Å². The third-order valence-electron chi connectivity index (χ3n) is 2.24. The molecule has 1 rings (SSSR count). The van der Waals surface area contributed by atoms with Gasteiger partial charge in [0.2, 0.25) is 5.91 Å². The second-order valence-electron chi connectivity index (χ2n) is 3.37. The van der Waals surface area contributed by atoms with Gasteiger partial charge in [-0.05, 0) is 6.92 Å². The summed E-state index contributed by atoms with van der Waals surface area (Å²) in [6, 6.07) is -0.511. The Morgan fingerprint density at radius 2 is 2.31 bits per heavy atom. The molecule has 1 fully saturated rings. The molecular formula is C8H16N2O3. The minimum absolute atomic E-state index is 0.140. The van der Waals surface area contributed by atoms with Crippen molar-refractivity contribution >= 4 is 5.91 Å². The van der Waals surface area contributed by atoms with Crippen LogP contribution in [0.5, 0.6) is 0 Å². The highest BCUT2D eigenvalue weighted by atomic mass is 16.5. The number of amides is 1. The molecule has 1 aliphatic heterocycles. The van der Waals surface area contributed by atoms with E-state index in [1.54, 1.807) is 6.92 Å². The highest BCUT2D eigenvalue weighted by Gasteiger charge is 2.34. The van der Waals surface area contributed by atoms with Crippen molar-refractivity contribution in [2.24, 2.45) is 5.73 Å². The third kappa shape index (κ3) is 2.18. The lowest BCUT2D eigenvalue weighted by Gasteiger charge is -2.17. The van der Waals surface area contributed by atoms with E-state index in [-0.39, 0.29) is 12.0 Å². The molecule has 13 heavy (non-hydrogen) atoms. The number of carbonyl (C=O) groups excluding carboxylic acids is 1. The number of aliphatic hydroxyl groups is 1. The number of β-amino-alcohol motifs (C(OH)–C–C–N with tert-alkyl or cyclic N) is 1. The Hall–Kier alpha value is -0.650. The highest BCUT2D eigenvalue weighted by molar-refractivity contribution is 5.81. The fourth-order valence-electron chi connectivity index (χ4n) is 1.46. The van der Waals surface area contributed by atoms with E-state index in [0.29, 0.717) is 13.1 Å². The summed E-state index contributed by atoms with van der Waals surface area (Å²) in [5, 5.41) is 9.43. The quantitative estimate of drug-likeness (QED) is 0.556. The summed E-state index contributed by atoms with van der Waals surface area (Å²) in [7, 11) is 1.52. The lowest BCUT2D eigenvalue weighted by Crippen LogP contribution is -2.41. The summed E-state index contributed by atoms with van der Waals surface area (Å²) >= 11 is 0. The molecule has 76 valence electrons. The molecule has 3 atom stereocenters. The van der Waals surface area contributed by atoms with Gasteiger partial charge in [0.15, 0.2) is 0 Å². The first-order valence-corrected chi connectivity index (χ1v) is 4.31. The van der Waals surface area contributed by atoms with Crippen molar-refractivity contribution in [3.63, 3.8) is 0 Å². The maximum absolute atomic E-state index is 11.4. The van der Waals surface area contributed by atoms with Gasteiger partial charge in [-0.15, -0.1) is 0 Å². The van der Waals surface area contributed by atoms with Crippen LogP contribution in [0.4, 0.5) is 0 Å². The molecule has 5 nitrogen and oxygen atoms in total. The number of likely N-dealkylation sites (tertiary alicyclic amines) is 1. The van der Waals surface area contributed by atoms with Crippen LogP contribution in [-0.2, 0) is 9.53 Å². The summed E-state index contributed by atoms with van der Waals surface area (Å²) in [6.45, 7) is 2.38. The van der Waals surface area contributed by atoms with Gasteiger partial charge >= 0.3 is 0 Å². The topological polar surface area (TPSA) is 75.8 Å². The number of hydrogen-bond donors (Lipinski definition) is 2. The maximum atomic E-state index is 11.4. The Morgan fingerprint density at radius 1 is 1.69 bits per heavy atom. The highest BCUT2D eigenvalue weighted by Crippen LogP contribution is 2.13. The zero-order valence-corrected chi connectivity index (χ0v) is 7.93. The number of carbonyl (C=O) groups is 1. The second kappa shape index (κ2) is 4.04. The minimum atomic E-state index is -0.590. The van der Waals surface area contributed by atoms with Crippen molar-refractivity contribution in [2.75, 3.05) is 20.2 Å². The molecule has 0 spiro atoms. The first-order chi connectivity index (χ1) is 6.06. The molecule has 0 aromatic heterocycles. The van der Waals surface area contributed by atoms with Crippen LogP contribution in [0.3, 0.4) is 0 Å². The Bertz CT molecular complexity index is 196. The van der Waals surface area contributed by atoms with Crippen molar-refractivity contribution in [1.82, 2.24) is 4.90 Å². The lowest BCUT2D eigenvalue weighted by atomic mass is 10.3. The number of ether oxygens (including phenoxy) is 1. The van der Waals surface area contributed by atoms with Crippen LogP contribution < -0.4 is 5.73 Å². The van der Waals surface area contributed by atoms with E-state index in [1.165, 1.54) is 12.0 Å². The molecule has 1 heterocycles. The van der Waals surface area contributed by atoms with Crippen molar-refractivity contribution < 1.29 is 14.6 Å². The average molecular weight is 188 g/mol. The van der Waals surface area contributed by atoms with Gasteiger partial charge < -0.3 is 20.5 Å². The van der Waals surface area contributed by atoms with Gasteiger partial charge in [0.1, 0.15) is 6.10 Å². The lowest BCUT2D eigenvalue weighted by molar-refractivity contribution is -0.131. The van der Waals surface area contributed by atoms with E-state index in [9.17, 15) is 9.90 Å². The van der Waals surface area contributed by atoms with Crippen LogP contribution in [0, 0.1) is 0 Å². The largest absolute Gasteiger partial charge is 0.388 e. The molecule has 0 aromatic carbocycles. The standard InChI is InChI=1S/C8H16N2O3/c1-5(9)8(12)10-3-6(11)7(4-10)13-2/h5-7,11H,3-4,9H2,1-2H3/t5-,6+,7-/m1/s1. The Morgan fingerprint density at radius 3 is 2.69 bits per heavy atom. The summed E-state index contributed by atoms with van der Waals surface area (Å²) < 4.78 is 5.00. The van der Waals surface area contributed by atoms with Crippen LogP contribution in [-0.4, -0.2) is 54.4 Å². The van der Waals surface area contributed by atoms with Gasteiger partial charge in [0.05, 0.1) is 12.1 Å². The van der Waals surface area contributed by atoms with E-state index in [1.807, 2.05) is 0 Å². The fourth-order valence-corrected chi connectivity index (χ4v) is 1.46. The van der Waals surface area contributed by atoms with Gasteiger partial charge in [0, 0.05) is 20.2 Å².